The van der Waals surface area contributed by atoms with E-state index in [0.717, 1.165) is 24.0 Å². The monoisotopic (exact) mass is 347 g/mol. The topological polar surface area (TPSA) is 54.9 Å². The van der Waals surface area contributed by atoms with Crippen molar-refractivity contribution >= 4 is 17.3 Å². The molecule has 0 spiro atoms. The third kappa shape index (κ3) is 6.12. The summed E-state index contributed by atoms with van der Waals surface area (Å²) in [7, 11) is 1.65. The van der Waals surface area contributed by atoms with Crippen LogP contribution in [0.2, 0.25) is 0 Å². The Morgan fingerprint density at radius 3 is 2.54 bits per heavy atom. The van der Waals surface area contributed by atoms with E-state index in [2.05, 4.69) is 39.4 Å². The average Bonchev–Trinajstić information content (AvgIpc) is 3.11. The van der Waals surface area contributed by atoms with Crippen molar-refractivity contribution in [1.29, 1.82) is 0 Å². The lowest BCUT2D eigenvalue weighted by molar-refractivity contribution is 0.223. The van der Waals surface area contributed by atoms with E-state index >= 15 is 0 Å². The lowest BCUT2D eigenvalue weighted by Crippen LogP contribution is -2.41. The van der Waals surface area contributed by atoms with Gasteiger partial charge in [0.2, 0.25) is 0 Å². The van der Waals surface area contributed by atoms with Gasteiger partial charge in [-0.15, -0.1) is 0 Å². The molecule has 0 saturated heterocycles. The second-order valence-corrected chi connectivity index (χ2v) is 6.09. The van der Waals surface area contributed by atoms with Crippen LogP contribution in [0.15, 0.2) is 46.1 Å². The Labute approximate surface area is 147 Å². The molecule has 0 fully saturated rings. The number of hydrogen-bond acceptors (Lipinski definition) is 4. The van der Waals surface area contributed by atoms with Crippen LogP contribution in [0.4, 0.5) is 0 Å². The quantitative estimate of drug-likeness (QED) is 0.568. The molecule has 2 rings (SSSR count). The van der Waals surface area contributed by atoms with Gasteiger partial charge in [-0.2, -0.15) is 11.3 Å². The summed E-state index contributed by atoms with van der Waals surface area (Å²) in [5.41, 5.74) is 1.22. The Balaban J connectivity index is 1.82. The lowest BCUT2D eigenvalue weighted by Gasteiger charge is -2.17. The largest absolute Gasteiger partial charge is 0.497 e. The van der Waals surface area contributed by atoms with E-state index in [9.17, 15) is 0 Å². The van der Waals surface area contributed by atoms with Gasteiger partial charge in [-0.1, -0.05) is 0 Å². The number of hydrogen-bond donors (Lipinski definition) is 2. The van der Waals surface area contributed by atoms with Crippen molar-refractivity contribution in [2.24, 2.45) is 4.99 Å². The lowest BCUT2D eigenvalue weighted by atomic mass is 10.3. The Hall–Kier alpha value is -2.21. The molecule has 1 atom stereocenters. The van der Waals surface area contributed by atoms with Gasteiger partial charge < -0.3 is 20.1 Å². The summed E-state index contributed by atoms with van der Waals surface area (Å²) in [4.78, 5) is 4.59. The Bertz CT molecular complexity index is 612. The van der Waals surface area contributed by atoms with E-state index < -0.39 is 0 Å². The van der Waals surface area contributed by atoms with Crippen LogP contribution in [0.1, 0.15) is 19.4 Å². The molecule has 2 N–H and O–H groups in total. The minimum absolute atomic E-state index is 0.0170. The fourth-order valence-corrected chi connectivity index (χ4v) is 2.72. The number of benzene rings is 1. The van der Waals surface area contributed by atoms with Gasteiger partial charge in [-0.05, 0) is 60.5 Å². The molecule has 1 aromatic heterocycles. The molecule has 0 bridgehead atoms. The fourth-order valence-electron chi connectivity index (χ4n) is 2.06. The maximum Gasteiger partial charge on any atom is 0.191 e. The first-order valence-electron chi connectivity index (χ1n) is 8.05. The summed E-state index contributed by atoms with van der Waals surface area (Å²) in [6.45, 7) is 6.25. The van der Waals surface area contributed by atoms with Gasteiger partial charge in [-0.3, -0.25) is 0 Å². The summed E-state index contributed by atoms with van der Waals surface area (Å²) in [6, 6.07) is 9.69. The first-order valence-corrected chi connectivity index (χ1v) is 8.99. The second-order valence-electron chi connectivity index (χ2n) is 5.31. The van der Waals surface area contributed by atoms with E-state index in [-0.39, 0.29) is 6.10 Å². The van der Waals surface area contributed by atoms with E-state index in [1.165, 1.54) is 5.56 Å². The van der Waals surface area contributed by atoms with Gasteiger partial charge in [0.05, 0.1) is 20.2 Å². The van der Waals surface area contributed by atoms with E-state index in [0.29, 0.717) is 13.1 Å². The summed E-state index contributed by atoms with van der Waals surface area (Å²) >= 11 is 1.69. The normalized spacial score (nSPS) is 12.5. The number of guanidine groups is 1. The highest BCUT2D eigenvalue weighted by Crippen LogP contribution is 2.17. The highest BCUT2D eigenvalue weighted by atomic mass is 32.1. The highest BCUT2D eigenvalue weighted by molar-refractivity contribution is 7.07. The molecule has 6 heteroatoms. The molecule has 0 saturated carbocycles. The van der Waals surface area contributed by atoms with Crippen LogP contribution in [0.5, 0.6) is 11.5 Å². The molecule has 24 heavy (non-hydrogen) atoms. The minimum atomic E-state index is 0.0170. The third-order valence-corrected chi connectivity index (χ3v) is 4.03. The number of thiophene rings is 1. The summed E-state index contributed by atoms with van der Waals surface area (Å²) in [5, 5.41) is 10.7. The summed E-state index contributed by atoms with van der Waals surface area (Å²) < 4.78 is 11.0. The van der Waals surface area contributed by atoms with Crippen LogP contribution in [0.3, 0.4) is 0 Å². The average molecular weight is 347 g/mol. The maximum absolute atomic E-state index is 5.89. The van der Waals surface area contributed by atoms with Crippen LogP contribution in [-0.4, -0.2) is 32.3 Å². The van der Waals surface area contributed by atoms with Gasteiger partial charge in [0.15, 0.2) is 5.96 Å². The smallest absolute Gasteiger partial charge is 0.191 e. The van der Waals surface area contributed by atoms with Crippen molar-refractivity contribution in [3.8, 4) is 11.5 Å². The number of ether oxygens (including phenoxy) is 2. The number of methoxy groups -OCH3 is 1. The number of aliphatic imine (C=N–C) groups is 1. The molecule has 130 valence electrons. The molecule has 2 aromatic rings. The molecule has 1 aromatic carbocycles. The molecular formula is C18H25N3O2S. The van der Waals surface area contributed by atoms with Crippen molar-refractivity contribution in [3.63, 3.8) is 0 Å². The van der Waals surface area contributed by atoms with E-state index in [1.54, 1.807) is 18.4 Å². The third-order valence-electron chi connectivity index (χ3n) is 3.30. The predicted octanol–water partition coefficient (Wildman–Crippen LogP) is 3.28. The van der Waals surface area contributed by atoms with Crippen LogP contribution in [0, 0.1) is 0 Å². The SMILES string of the molecule is CCNC(=NCc1ccsc1)NCC(C)Oc1ccc(OC)cc1. The van der Waals surface area contributed by atoms with Crippen LogP contribution < -0.4 is 20.1 Å². The number of nitrogens with one attached hydrogen (secondary N) is 2. The van der Waals surface area contributed by atoms with Crippen LogP contribution >= 0.6 is 11.3 Å². The van der Waals surface area contributed by atoms with Gasteiger partial charge in [0.1, 0.15) is 17.6 Å². The number of rotatable bonds is 8. The van der Waals surface area contributed by atoms with Crippen molar-refractivity contribution in [2.45, 2.75) is 26.5 Å². The van der Waals surface area contributed by atoms with Gasteiger partial charge in [0, 0.05) is 6.54 Å². The molecule has 1 heterocycles. The van der Waals surface area contributed by atoms with E-state index in [1.807, 2.05) is 31.2 Å². The predicted molar refractivity (Wildman–Crippen MR) is 100 cm³/mol. The highest BCUT2D eigenvalue weighted by Gasteiger charge is 2.06. The Morgan fingerprint density at radius 1 is 1.17 bits per heavy atom. The second kappa shape index (κ2) is 9.82. The van der Waals surface area contributed by atoms with Crippen LogP contribution in [0.25, 0.3) is 0 Å². The molecule has 0 aliphatic rings. The van der Waals surface area contributed by atoms with Gasteiger partial charge >= 0.3 is 0 Å². The number of nitrogens with zero attached hydrogens (tertiary/aromatic N) is 1. The van der Waals surface area contributed by atoms with Crippen molar-refractivity contribution in [2.75, 3.05) is 20.2 Å². The zero-order valence-electron chi connectivity index (χ0n) is 14.4. The first kappa shape index (κ1) is 18.1. The molecule has 0 radical (unpaired) electrons. The van der Waals surface area contributed by atoms with Gasteiger partial charge in [-0.25, -0.2) is 4.99 Å². The zero-order chi connectivity index (χ0) is 17.2. The molecule has 1 unspecified atom stereocenters. The Morgan fingerprint density at radius 2 is 1.92 bits per heavy atom. The molecule has 5 nitrogen and oxygen atoms in total. The van der Waals surface area contributed by atoms with Crippen LogP contribution in [-0.2, 0) is 6.54 Å². The van der Waals surface area contributed by atoms with Crippen molar-refractivity contribution in [1.82, 2.24) is 10.6 Å². The molecular weight excluding hydrogens is 322 g/mol. The molecule has 0 aliphatic heterocycles. The summed E-state index contributed by atoms with van der Waals surface area (Å²) in [5.74, 6) is 2.45. The molecule has 0 amide bonds. The maximum atomic E-state index is 5.89. The fraction of sp³-hybridized carbons (Fsp3) is 0.389. The minimum Gasteiger partial charge on any atom is -0.497 e. The molecule has 0 aliphatic carbocycles. The summed E-state index contributed by atoms with van der Waals surface area (Å²) in [6.07, 6.45) is 0.0170. The standard InChI is InChI=1S/C18H25N3O2S/c1-4-19-18(21-12-15-9-10-24-13-15)20-11-14(2)23-17-7-5-16(22-3)6-8-17/h5-10,13-14H,4,11-12H2,1-3H3,(H2,19,20,21). The Kier molecular flexibility index (Phi) is 7.42. The van der Waals surface area contributed by atoms with Gasteiger partial charge in [0.25, 0.3) is 0 Å². The zero-order valence-corrected chi connectivity index (χ0v) is 15.2. The van der Waals surface area contributed by atoms with Crippen molar-refractivity contribution in [3.05, 3.63) is 46.7 Å². The first-order chi connectivity index (χ1) is 11.7. The van der Waals surface area contributed by atoms with E-state index in [4.69, 9.17) is 9.47 Å². The van der Waals surface area contributed by atoms with Crippen molar-refractivity contribution < 1.29 is 9.47 Å².